The molecule has 9 heteroatoms. The normalized spacial score (nSPS) is 16.6. The number of nitrogens with zero attached hydrogens (tertiary/aromatic N) is 4. The van der Waals surface area contributed by atoms with Crippen LogP contribution in [0.25, 0.3) is 22.6 Å². The predicted octanol–water partition coefficient (Wildman–Crippen LogP) is 5.47. The Morgan fingerprint density at radius 2 is 2.06 bits per heavy atom. The van der Waals surface area contributed by atoms with E-state index in [1.165, 1.54) is 12.0 Å². The molecule has 4 aromatic rings. The van der Waals surface area contributed by atoms with Crippen LogP contribution in [0, 0.1) is 5.92 Å². The molecule has 0 saturated carbocycles. The van der Waals surface area contributed by atoms with Crippen LogP contribution >= 0.6 is 34.5 Å². The molecule has 0 spiro atoms. The van der Waals surface area contributed by atoms with Gasteiger partial charge in [0.05, 0.1) is 21.8 Å². The second-order valence-corrected chi connectivity index (χ2v) is 9.34. The van der Waals surface area contributed by atoms with Gasteiger partial charge in [0.1, 0.15) is 11.3 Å². The van der Waals surface area contributed by atoms with Crippen molar-refractivity contribution in [3.63, 3.8) is 0 Å². The summed E-state index contributed by atoms with van der Waals surface area (Å²) < 4.78 is 2.15. The summed E-state index contributed by atoms with van der Waals surface area (Å²) in [4.78, 5) is 14.1. The molecule has 2 N–H and O–H groups in total. The van der Waals surface area contributed by atoms with Gasteiger partial charge in [-0.05, 0) is 66.4 Å². The molecule has 1 saturated heterocycles. The molecule has 0 amide bonds. The second kappa shape index (κ2) is 9.12. The minimum absolute atomic E-state index is 0.489. The molecule has 5 rings (SSSR count). The summed E-state index contributed by atoms with van der Waals surface area (Å²) in [5.41, 5.74) is 3.47. The van der Waals surface area contributed by atoms with Gasteiger partial charge in [-0.2, -0.15) is 16.3 Å². The Kier molecular flexibility index (Phi) is 6.09. The summed E-state index contributed by atoms with van der Waals surface area (Å²) in [6.07, 6.45) is 4.10. The summed E-state index contributed by atoms with van der Waals surface area (Å²) in [6, 6.07) is 7.62. The molecule has 0 bridgehead atoms. The molecule has 0 radical (unpaired) electrons. The highest BCUT2D eigenvalue weighted by atomic mass is 35.5. The first-order valence-corrected chi connectivity index (χ1v) is 12.0. The number of imidazole rings is 1. The highest BCUT2D eigenvalue weighted by Crippen LogP contribution is 2.36. The number of halogens is 2. The van der Waals surface area contributed by atoms with E-state index in [9.17, 15) is 0 Å². The van der Waals surface area contributed by atoms with Gasteiger partial charge in [-0.1, -0.05) is 29.3 Å². The molecule has 1 fully saturated rings. The van der Waals surface area contributed by atoms with Crippen LogP contribution in [0.1, 0.15) is 18.4 Å². The van der Waals surface area contributed by atoms with Crippen molar-refractivity contribution in [1.29, 1.82) is 0 Å². The number of aromatic nitrogens is 4. The van der Waals surface area contributed by atoms with E-state index >= 15 is 0 Å². The first-order chi connectivity index (χ1) is 15.2. The Morgan fingerprint density at radius 3 is 2.81 bits per heavy atom. The van der Waals surface area contributed by atoms with Crippen LogP contribution in [0.2, 0.25) is 10.0 Å². The molecule has 31 heavy (non-hydrogen) atoms. The van der Waals surface area contributed by atoms with Crippen LogP contribution in [0.3, 0.4) is 0 Å². The fraction of sp³-hybridized carbons (Fsp3) is 0.318. The van der Waals surface area contributed by atoms with Crippen molar-refractivity contribution in [3.05, 3.63) is 56.8 Å². The molecule has 1 aliphatic heterocycles. The van der Waals surface area contributed by atoms with E-state index in [4.69, 9.17) is 33.2 Å². The largest absolute Gasteiger partial charge is 0.350 e. The third-order valence-electron chi connectivity index (χ3n) is 5.54. The minimum atomic E-state index is 0.489. The zero-order valence-electron chi connectivity index (χ0n) is 16.8. The Labute approximate surface area is 194 Å². The molecule has 6 nitrogen and oxygen atoms in total. The quantitative estimate of drug-likeness (QED) is 0.389. The minimum Gasteiger partial charge on any atom is -0.350 e. The average Bonchev–Trinajstić information content (AvgIpc) is 3.41. The van der Waals surface area contributed by atoms with Crippen LogP contribution in [0.5, 0.6) is 0 Å². The zero-order chi connectivity index (χ0) is 21.2. The van der Waals surface area contributed by atoms with Crippen molar-refractivity contribution in [3.8, 4) is 11.4 Å². The van der Waals surface area contributed by atoms with Crippen LogP contribution in [-0.4, -0.2) is 32.6 Å². The summed E-state index contributed by atoms with van der Waals surface area (Å²) in [5.74, 6) is 1.81. The second-order valence-electron chi connectivity index (χ2n) is 7.74. The lowest BCUT2D eigenvalue weighted by molar-refractivity contribution is 0.341. The first kappa shape index (κ1) is 20.7. The van der Waals surface area contributed by atoms with Crippen molar-refractivity contribution < 1.29 is 0 Å². The fourth-order valence-corrected chi connectivity index (χ4v) is 5.23. The van der Waals surface area contributed by atoms with E-state index in [1.807, 2.05) is 18.2 Å². The molecule has 1 atom stereocenters. The van der Waals surface area contributed by atoms with E-state index in [0.717, 1.165) is 48.6 Å². The van der Waals surface area contributed by atoms with Gasteiger partial charge < -0.3 is 15.2 Å². The van der Waals surface area contributed by atoms with Gasteiger partial charge in [-0.15, -0.1) is 0 Å². The fourth-order valence-electron chi connectivity index (χ4n) is 3.99. The van der Waals surface area contributed by atoms with Crippen molar-refractivity contribution >= 4 is 51.7 Å². The van der Waals surface area contributed by atoms with Gasteiger partial charge in [0.15, 0.2) is 5.65 Å². The van der Waals surface area contributed by atoms with Crippen LogP contribution in [0.4, 0.5) is 5.95 Å². The number of hydrogen-bond donors (Lipinski definition) is 2. The van der Waals surface area contributed by atoms with Crippen molar-refractivity contribution in [2.75, 3.05) is 18.4 Å². The number of hydrogen-bond acceptors (Lipinski definition) is 6. The maximum Gasteiger partial charge on any atom is 0.225 e. The maximum absolute atomic E-state index is 6.55. The predicted molar refractivity (Wildman–Crippen MR) is 128 cm³/mol. The van der Waals surface area contributed by atoms with E-state index in [-0.39, 0.29) is 0 Å². The standard InChI is InChI=1S/C22H22Cl2N6S/c23-16-4-1-5-17(24)19(16)21-28-18-11-27-22(26-10-15-6-8-31-13-15)29-20(18)30(21)12-14-3-2-7-25-9-14/h1,4-6,8,11,13-14,25H,2-3,7,9-10,12H2,(H,26,27,29)/t14-/m1/s1. The number of fused-ring (bicyclic) bond motifs is 1. The molecule has 1 aliphatic rings. The SMILES string of the molecule is Clc1cccc(Cl)c1-c1nc2cnc(NCc3ccsc3)nc2n1C[C@@H]1CCCNC1. The lowest BCUT2D eigenvalue weighted by Gasteiger charge is -2.24. The topological polar surface area (TPSA) is 67.7 Å². The smallest absolute Gasteiger partial charge is 0.225 e. The van der Waals surface area contributed by atoms with Crippen LogP contribution < -0.4 is 10.6 Å². The zero-order valence-corrected chi connectivity index (χ0v) is 19.1. The Hall–Kier alpha value is -2.19. The van der Waals surface area contributed by atoms with E-state index in [1.54, 1.807) is 17.5 Å². The number of rotatable bonds is 6. The lowest BCUT2D eigenvalue weighted by atomic mass is 9.99. The molecular formula is C22H22Cl2N6S. The van der Waals surface area contributed by atoms with E-state index in [2.05, 4.69) is 37.0 Å². The Bertz CT molecular complexity index is 1160. The van der Waals surface area contributed by atoms with Crippen molar-refractivity contribution in [2.24, 2.45) is 5.92 Å². The molecule has 160 valence electrons. The Balaban J connectivity index is 1.57. The highest BCUT2D eigenvalue weighted by Gasteiger charge is 2.23. The summed E-state index contributed by atoms with van der Waals surface area (Å²) >= 11 is 14.8. The molecule has 3 aromatic heterocycles. The maximum atomic E-state index is 6.55. The van der Waals surface area contributed by atoms with Gasteiger partial charge in [0, 0.05) is 13.1 Å². The highest BCUT2D eigenvalue weighted by molar-refractivity contribution is 7.07. The molecule has 1 aromatic carbocycles. The van der Waals surface area contributed by atoms with Crippen molar-refractivity contribution in [1.82, 2.24) is 24.8 Å². The van der Waals surface area contributed by atoms with Gasteiger partial charge in [-0.25, -0.2) is 9.97 Å². The first-order valence-electron chi connectivity index (χ1n) is 10.3. The van der Waals surface area contributed by atoms with E-state index in [0.29, 0.717) is 28.5 Å². The van der Waals surface area contributed by atoms with Gasteiger partial charge in [0.2, 0.25) is 5.95 Å². The van der Waals surface area contributed by atoms with Gasteiger partial charge in [0.25, 0.3) is 0 Å². The van der Waals surface area contributed by atoms with Crippen molar-refractivity contribution in [2.45, 2.75) is 25.9 Å². The summed E-state index contributed by atoms with van der Waals surface area (Å²) in [7, 11) is 0. The molecule has 0 unspecified atom stereocenters. The number of nitrogens with one attached hydrogen (secondary N) is 2. The monoisotopic (exact) mass is 472 g/mol. The number of thiophene rings is 1. The molecule has 0 aliphatic carbocycles. The third kappa shape index (κ3) is 4.41. The third-order valence-corrected chi connectivity index (χ3v) is 6.91. The van der Waals surface area contributed by atoms with Crippen LogP contribution in [0.15, 0.2) is 41.2 Å². The molecular weight excluding hydrogens is 451 g/mol. The van der Waals surface area contributed by atoms with Crippen LogP contribution in [-0.2, 0) is 13.1 Å². The van der Waals surface area contributed by atoms with Gasteiger partial charge in [-0.3, -0.25) is 0 Å². The summed E-state index contributed by atoms with van der Waals surface area (Å²) in [6.45, 7) is 3.52. The lowest BCUT2D eigenvalue weighted by Crippen LogP contribution is -2.32. The molecule has 4 heterocycles. The summed E-state index contributed by atoms with van der Waals surface area (Å²) in [5, 5.41) is 12.1. The number of anilines is 1. The number of piperidine rings is 1. The average molecular weight is 473 g/mol. The Morgan fingerprint density at radius 1 is 1.19 bits per heavy atom. The van der Waals surface area contributed by atoms with Gasteiger partial charge >= 0.3 is 0 Å². The number of benzene rings is 1. The van der Waals surface area contributed by atoms with E-state index < -0.39 is 0 Å².